The molecule has 28 heavy (non-hydrogen) atoms. The van der Waals surface area contributed by atoms with Gasteiger partial charge >= 0.3 is 0 Å². The van der Waals surface area contributed by atoms with Gasteiger partial charge in [-0.1, -0.05) is 67.5 Å². The number of rotatable bonds is 10. The van der Waals surface area contributed by atoms with Gasteiger partial charge < -0.3 is 5.32 Å². The fraction of sp³-hybridized carbons (Fsp3) is 0.300. The maximum atomic E-state index is 12.7. The van der Waals surface area contributed by atoms with Gasteiger partial charge in [0.05, 0.1) is 11.4 Å². The van der Waals surface area contributed by atoms with Gasteiger partial charge in [-0.15, -0.1) is 0 Å². The molecule has 2 aromatic heterocycles. The third-order valence-electron chi connectivity index (χ3n) is 4.04. The van der Waals surface area contributed by atoms with Crippen molar-refractivity contribution in [2.45, 2.75) is 31.9 Å². The first-order chi connectivity index (χ1) is 13.6. The van der Waals surface area contributed by atoms with E-state index in [1.807, 2.05) is 36.4 Å². The summed E-state index contributed by atoms with van der Waals surface area (Å²) in [6.45, 7) is 2.96. The molecule has 0 fully saturated rings. The number of unbranched alkanes of at least 4 members (excludes halogenated alkanes) is 2. The van der Waals surface area contributed by atoms with E-state index in [4.69, 9.17) is 0 Å². The van der Waals surface area contributed by atoms with Gasteiger partial charge in [-0.25, -0.2) is 13.4 Å². The first-order valence-corrected chi connectivity index (χ1v) is 11.7. The summed E-state index contributed by atoms with van der Waals surface area (Å²) in [6, 6.07) is 14.6. The highest BCUT2D eigenvalue weighted by Gasteiger charge is 2.20. The molecule has 2 N–H and O–H groups in total. The van der Waals surface area contributed by atoms with Crippen molar-refractivity contribution in [1.82, 2.24) is 9.97 Å². The summed E-state index contributed by atoms with van der Waals surface area (Å²) in [7, 11) is -3.57. The van der Waals surface area contributed by atoms with Crippen LogP contribution in [-0.2, 0) is 15.8 Å². The molecule has 0 bridgehead atoms. The zero-order chi connectivity index (χ0) is 19.8. The molecule has 2 heterocycles. The summed E-state index contributed by atoms with van der Waals surface area (Å²) >= 11 is 1.30. The molecule has 0 aliphatic carbocycles. The zero-order valence-corrected chi connectivity index (χ0v) is 17.4. The minimum absolute atomic E-state index is 0.0906. The molecule has 0 saturated carbocycles. The summed E-state index contributed by atoms with van der Waals surface area (Å²) in [6.07, 6.45) is 5.00. The number of hydrogen-bond donors (Lipinski definition) is 2. The van der Waals surface area contributed by atoms with Crippen molar-refractivity contribution in [3.63, 3.8) is 0 Å². The number of nitrogens with zero attached hydrogens (tertiary/aromatic N) is 2. The number of nitrogens with one attached hydrogen (secondary N) is 2. The topological polar surface area (TPSA) is 84.0 Å². The first kappa shape index (κ1) is 20.3. The van der Waals surface area contributed by atoms with Gasteiger partial charge in [-0.05, 0) is 24.1 Å². The molecule has 0 aliphatic heterocycles. The molecular formula is C20H24N4O2S2. The van der Waals surface area contributed by atoms with Crippen molar-refractivity contribution in [2.75, 3.05) is 16.6 Å². The SMILES string of the molecule is CCCCCNc1nc(-c2ccccn2)c(NS(=O)(=O)Cc2ccccc2)s1. The molecular weight excluding hydrogens is 392 g/mol. The van der Waals surface area contributed by atoms with Gasteiger partial charge in [-0.2, -0.15) is 0 Å². The molecule has 1 aromatic carbocycles. The van der Waals surface area contributed by atoms with Crippen LogP contribution in [0.2, 0.25) is 0 Å². The molecule has 0 radical (unpaired) electrons. The van der Waals surface area contributed by atoms with E-state index in [1.165, 1.54) is 11.3 Å². The highest BCUT2D eigenvalue weighted by atomic mass is 32.2. The summed E-state index contributed by atoms with van der Waals surface area (Å²) in [5.41, 5.74) is 1.91. The normalized spacial score (nSPS) is 11.3. The van der Waals surface area contributed by atoms with Crippen molar-refractivity contribution in [1.29, 1.82) is 0 Å². The third kappa shape index (κ3) is 5.77. The summed E-state index contributed by atoms with van der Waals surface area (Å²) in [5, 5.41) is 4.46. The maximum absolute atomic E-state index is 12.7. The average Bonchev–Trinajstić information content (AvgIpc) is 3.08. The standard InChI is InChI=1S/C20H24N4O2S2/c1-2-3-8-14-22-20-23-18(17-12-7-9-13-21-17)19(27-20)24-28(25,26)15-16-10-5-4-6-11-16/h4-7,9-13,24H,2-3,8,14-15H2,1H3,(H,22,23). The van der Waals surface area contributed by atoms with Crippen LogP contribution in [0.5, 0.6) is 0 Å². The number of hydrogen-bond acceptors (Lipinski definition) is 6. The van der Waals surface area contributed by atoms with Crippen molar-refractivity contribution < 1.29 is 8.42 Å². The lowest BCUT2D eigenvalue weighted by Crippen LogP contribution is -2.14. The molecule has 6 nitrogen and oxygen atoms in total. The van der Waals surface area contributed by atoms with Gasteiger partial charge in [0, 0.05) is 12.7 Å². The lowest BCUT2D eigenvalue weighted by molar-refractivity contribution is 0.600. The summed E-state index contributed by atoms with van der Waals surface area (Å²) < 4.78 is 28.1. The Morgan fingerprint density at radius 3 is 2.54 bits per heavy atom. The molecule has 0 atom stereocenters. The number of thiazole rings is 1. The van der Waals surface area contributed by atoms with E-state index in [2.05, 4.69) is 26.9 Å². The molecule has 0 amide bonds. The molecule has 0 unspecified atom stereocenters. The number of benzene rings is 1. The second-order valence-corrected chi connectivity index (χ2v) is 9.11. The van der Waals surface area contributed by atoms with E-state index in [1.54, 1.807) is 18.3 Å². The molecule has 0 aliphatic rings. The minimum Gasteiger partial charge on any atom is -0.361 e. The van der Waals surface area contributed by atoms with Crippen molar-refractivity contribution in [2.24, 2.45) is 0 Å². The van der Waals surface area contributed by atoms with E-state index < -0.39 is 10.0 Å². The van der Waals surface area contributed by atoms with Crippen LogP contribution in [0.4, 0.5) is 10.1 Å². The summed E-state index contributed by atoms with van der Waals surface area (Å²) in [4.78, 5) is 8.92. The Morgan fingerprint density at radius 2 is 1.82 bits per heavy atom. The van der Waals surface area contributed by atoms with Crippen molar-refractivity contribution >= 4 is 31.5 Å². The number of pyridine rings is 1. The third-order valence-corrected chi connectivity index (χ3v) is 6.33. The van der Waals surface area contributed by atoms with Gasteiger partial charge in [-0.3, -0.25) is 9.71 Å². The van der Waals surface area contributed by atoms with Crippen LogP contribution < -0.4 is 10.0 Å². The van der Waals surface area contributed by atoms with Gasteiger partial charge in [0.2, 0.25) is 10.0 Å². The Labute approximate surface area is 170 Å². The largest absolute Gasteiger partial charge is 0.361 e. The van der Waals surface area contributed by atoms with Crippen molar-refractivity contribution in [3.05, 3.63) is 60.3 Å². The fourth-order valence-electron chi connectivity index (χ4n) is 2.68. The Kier molecular flexibility index (Phi) is 7.00. The van der Waals surface area contributed by atoms with E-state index in [-0.39, 0.29) is 5.75 Å². The highest BCUT2D eigenvalue weighted by Crippen LogP contribution is 2.36. The van der Waals surface area contributed by atoms with Crippen LogP contribution in [0.15, 0.2) is 54.7 Å². The van der Waals surface area contributed by atoms with E-state index in [0.29, 0.717) is 21.5 Å². The molecule has 148 valence electrons. The predicted molar refractivity (Wildman–Crippen MR) is 116 cm³/mol. The van der Waals surface area contributed by atoms with E-state index in [0.717, 1.165) is 31.4 Å². The van der Waals surface area contributed by atoms with Gasteiger partial charge in [0.25, 0.3) is 0 Å². The molecule has 3 rings (SSSR count). The van der Waals surface area contributed by atoms with Crippen LogP contribution in [0.25, 0.3) is 11.4 Å². The first-order valence-electron chi connectivity index (χ1n) is 9.28. The minimum atomic E-state index is -3.57. The van der Waals surface area contributed by atoms with Crippen LogP contribution in [-0.4, -0.2) is 24.9 Å². The second-order valence-electron chi connectivity index (χ2n) is 6.39. The van der Waals surface area contributed by atoms with Crippen LogP contribution in [0.3, 0.4) is 0 Å². The molecule has 8 heteroatoms. The Balaban J connectivity index is 1.82. The highest BCUT2D eigenvalue weighted by molar-refractivity contribution is 7.92. The van der Waals surface area contributed by atoms with Gasteiger partial charge in [0.1, 0.15) is 10.7 Å². The second kappa shape index (κ2) is 9.66. The van der Waals surface area contributed by atoms with Crippen LogP contribution in [0.1, 0.15) is 31.7 Å². The fourth-order valence-corrected chi connectivity index (χ4v) is 5.06. The maximum Gasteiger partial charge on any atom is 0.237 e. The zero-order valence-electron chi connectivity index (χ0n) is 15.8. The Morgan fingerprint density at radius 1 is 1.04 bits per heavy atom. The quantitative estimate of drug-likeness (QED) is 0.466. The lowest BCUT2D eigenvalue weighted by Gasteiger charge is -2.07. The number of aromatic nitrogens is 2. The van der Waals surface area contributed by atoms with Gasteiger partial charge in [0.15, 0.2) is 5.13 Å². The molecule has 3 aromatic rings. The Bertz CT molecular complexity index is 974. The van der Waals surface area contributed by atoms with Crippen molar-refractivity contribution in [3.8, 4) is 11.4 Å². The Hall–Kier alpha value is -2.45. The average molecular weight is 417 g/mol. The number of sulfonamides is 1. The molecule has 0 saturated heterocycles. The van der Waals surface area contributed by atoms with E-state index >= 15 is 0 Å². The van der Waals surface area contributed by atoms with E-state index in [9.17, 15) is 8.42 Å². The van der Waals surface area contributed by atoms with Crippen LogP contribution in [0, 0.1) is 0 Å². The smallest absolute Gasteiger partial charge is 0.237 e. The lowest BCUT2D eigenvalue weighted by atomic mass is 10.2. The van der Waals surface area contributed by atoms with Crippen LogP contribution >= 0.6 is 11.3 Å². The monoisotopic (exact) mass is 416 g/mol. The predicted octanol–water partition coefficient (Wildman–Crippen LogP) is 4.75. The molecule has 0 spiro atoms. The summed E-state index contributed by atoms with van der Waals surface area (Å²) in [5.74, 6) is -0.0906. The number of anilines is 2.